The van der Waals surface area contributed by atoms with E-state index >= 15 is 0 Å². The molecule has 8 nitrogen and oxygen atoms in total. The lowest BCUT2D eigenvalue weighted by atomic mass is 9.98. The number of fused-ring (bicyclic) bond motifs is 3. The van der Waals surface area contributed by atoms with Crippen molar-refractivity contribution in [1.29, 1.82) is 0 Å². The molecular weight excluding hydrogens is 469 g/mol. The van der Waals surface area contributed by atoms with Crippen molar-refractivity contribution in [2.75, 3.05) is 13.2 Å². The Labute approximate surface area is 199 Å². The second kappa shape index (κ2) is 10.3. The van der Waals surface area contributed by atoms with Crippen molar-refractivity contribution in [3.8, 4) is 11.1 Å². The maximum Gasteiger partial charge on any atom is 0.408 e. The third-order valence-corrected chi connectivity index (χ3v) is 5.78. The molecule has 0 spiro atoms. The number of aliphatic carboxylic acids is 1. The molecule has 2 atom stereocenters. The quantitative estimate of drug-likeness (QED) is 0.424. The Morgan fingerprint density at radius 3 is 2.09 bits per heavy atom. The first-order valence-corrected chi connectivity index (χ1v) is 10.8. The normalized spacial score (nSPS) is 15.3. The van der Waals surface area contributed by atoms with Gasteiger partial charge < -0.3 is 25.6 Å². The second-order valence-corrected chi connectivity index (χ2v) is 8.46. The molecule has 0 bridgehead atoms. The molecule has 3 rings (SSSR count). The lowest BCUT2D eigenvalue weighted by molar-refractivity contribution is -0.157. The summed E-state index contributed by atoms with van der Waals surface area (Å²) < 4.78 is 45.4. The summed E-state index contributed by atoms with van der Waals surface area (Å²) in [5.74, 6) is -2.83. The number of hydrogen-bond donors (Lipinski definition) is 4. The van der Waals surface area contributed by atoms with E-state index in [0.717, 1.165) is 29.2 Å². The molecule has 35 heavy (non-hydrogen) atoms. The predicted molar refractivity (Wildman–Crippen MR) is 119 cm³/mol. The number of rotatable bonds is 9. The summed E-state index contributed by atoms with van der Waals surface area (Å²) in [5, 5.41) is 22.2. The maximum atomic E-state index is 13.4. The van der Waals surface area contributed by atoms with Crippen molar-refractivity contribution >= 4 is 18.0 Å². The minimum absolute atomic E-state index is 0.171. The molecule has 2 aromatic rings. The van der Waals surface area contributed by atoms with Gasteiger partial charge in [-0.05, 0) is 35.6 Å². The van der Waals surface area contributed by atoms with Crippen LogP contribution in [0.25, 0.3) is 11.1 Å². The van der Waals surface area contributed by atoms with Crippen LogP contribution in [0.1, 0.15) is 36.8 Å². The number of amides is 2. The number of hydrogen-bond acceptors (Lipinski definition) is 5. The number of carboxylic acids is 1. The fourth-order valence-corrected chi connectivity index (χ4v) is 3.81. The molecule has 0 saturated carbocycles. The Morgan fingerprint density at radius 2 is 1.57 bits per heavy atom. The van der Waals surface area contributed by atoms with Crippen LogP contribution in [0, 0.1) is 0 Å². The molecule has 188 valence electrons. The van der Waals surface area contributed by atoms with Gasteiger partial charge in [0.2, 0.25) is 5.91 Å². The van der Waals surface area contributed by atoms with E-state index in [2.05, 4.69) is 5.32 Å². The zero-order chi connectivity index (χ0) is 25.8. The summed E-state index contributed by atoms with van der Waals surface area (Å²) >= 11 is 0. The first-order chi connectivity index (χ1) is 16.4. The number of alkyl halides is 3. The molecule has 1 aliphatic rings. The van der Waals surface area contributed by atoms with Gasteiger partial charge in [0.15, 0.2) is 5.60 Å². The van der Waals surface area contributed by atoms with Crippen LogP contribution < -0.4 is 10.6 Å². The topological polar surface area (TPSA) is 125 Å². The Kier molecular flexibility index (Phi) is 7.69. The molecule has 2 aromatic carbocycles. The highest BCUT2D eigenvalue weighted by Gasteiger charge is 2.41. The molecule has 0 fully saturated rings. The SMILES string of the molecule is CC(O)(CNC(=O)CC[C@H](NC(=O)OCC1c2ccccc2-c2ccccc21)C(F)(F)F)C(=O)O. The summed E-state index contributed by atoms with van der Waals surface area (Å²) in [6, 6.07) is 12.7. The Morgan fingerprint density at radius 1 is 1.03 bits per heavy atom. The third kappa shape index (κ3) is 6.30. The van der Waals surface area contributed by atoms with Gasteiger partial charge in [-0.1, -0.05) is 48.5 Å². The van der Waals surface area contributed by atoms with Gasteiger partial charge >= 0.3 is 18.2 Å². The van der Waals surface area contributed by atoms with E-state index in [1.807, 2.05) is 48.5 Å². The van der Waals surface area contributed by atoms with Gasteiger partial charge in [-0.2, -0.15) is 13.2 Å². The van der Waals surface area contributed by atoms with Gasteiger partial charge in [0.25, 0.3) is 0 Å². The molecule has 0 aliphatic heterocycles. The number of aliphatic hydroxyl groups is 1. The Balaban J connectivity index is 1.57. The van der Waals surface area contributed by atoms with E-state index in [-0.39, 0.29) is 12.5 Å². The molecule has 0 radical (unpaired) electrons. The predicted octanol–water partition coefficient (Wildman–Crippen LogP) is 3.19. The summed E-state index contributed by atoms with van der Waals surface area (Å²) in [5.41, 5.74) is 1.49. The molecule has 11 heteroatoms. The summed E-state index contributed by atoms with van der Waals surface area (Å²) in [4.78, 5) is 34.9. The van der Waals surface area contributed by atoms with Gasteiger partial charge in [0, 0.05) is 12.3 Å². The van der Waals surface area contributed by atoms with E-state index in [4.69, 9.17) is 9.84 Å². The molecule has 2 amide bonds. The fourth-order valence-electron chi connectivity index (χ4n) is 3.81. The molecule has 0 heterocycles. The first-order valence-electron chi connectivity index (χ1n) is 10.8. The second-order valence-electron chi connectivity index (χ2n) is 8.46. The average Bonchev–Trinajstić information content (AvgIpc) is 3.12. The van der Waals surface area contributed by atoms with Gasteiger partial charge in [0.05, 0.1) is 6.54 Å². The summed E-state index contributed by atoms with van der Waals surface area (Å²) in [6.45, 7) is 0.0830. The summed E-state index contributed by atoms with van der Waals surface area (Å²) in [6.07, 6.45) is -7.58. The van der Waals surface area contributed by atoms with Crippen molar-refractivity contribution in [3.63, 3.8) is 0 Å². The van der Waals surface area contributed by atoms with Crippen molar-refractivity contribution in [2.24, 2.45) is 0 Å². The zero-order valence-corrected chi connectivity index (χ0v) is 18.8. The summed E-state index contributed by atoms with van der Waals surface area (Å²) in [7, 11) is 0. The minimum atomic E-state index is -4.85. The van der Waals surface area contributed by atoms with Gasteiger partial charge in [-0.25, -0.2) is 9.59 Å². The van der Waals surface area contributed by atoms with Crippen LogP contribution in [0.5, 0.6) is 0 Å². The van der Waals surface area contributed by atoms with Crippen LogP contribution in [0.4, 0.5) is 18.0 Å². The third-order valence-electron chi connectivity index (χ3n) is 5.78. The van der Waals surface area contributed by atoms with Crippen molar-refractivity contribution in [1.82, 2.24) is 10.6 Å². The van der Waals surface area contributed by atoms with Crippen LogP contribution in [-0.4, -0.2) is 59.2 Å². The van der Waals surface area contributed by atoms with Crippen LogP contribution in [0.15, 0.2) is 48.5 Å². The zero-order valence-electron chi connectivity index (χ0n) is 18.8. The molecule has 0 saturated heterocycles. The van der Waals surface area contributed by atoms with Crippen LogP contribution >= 0.6 is 0 Å². The van der Waals surface area contributed by atoms with E-state index in [0.29, 0.717) is 0 Å². The van der Waals surface area contributed by atoms with E-state index in [1.165, 1.54) is 0 Å². The highest BCUT2D eigenvalue weighted by atomic mass is 19.4. The standard InChI is InChI=1S/C24H25F3N2O6/c1-23(34,21(31)32)13-28-20(30)11-10-19(24(25,26)27)29-22(33)35-12-18-16-8-4-2-6-14(16)15-7-3-5-9-17(15)18/h2-9,18-19,34H,10-13H2,1H3,(H,28,30)(H,29,33)(H,31,32)/t19-,23?/m0/s1. The average molecular weight is 494 g/mol. The number of carbonyl (C=O) groups is 3. The van der Waals surface area contributed by atoms with Gasteiger partial charge in [-0.3, -0.25) is 4.79 Å². The van der Waals surface area contributed by atoms with Gasteiger partial charge in [0.1, 0.15) is 12.6 Å². The molecule has 1 unspecified atom stereocenters. The maximum absolute atomic E-state index is 13.4. The van der Waals surface area contributed by atoms with Crippen LogP contribution in [-0.2, 0) is 14.3 Å². The minimum Gasteiger partial charge on any atom is -0.479 e. The number of benzene rings is 2. The first kappa shape index (κ1) is 26.0. The number of ether oxygens (including phenoxy) is 1. The number of alkyl carbamates (subject to hydrolysis) is 1. The molecule has 4 N–H and O–H groups in total. The van der Waals surface area contributed by atoms with Crippen LogP contribution in [0.2, 0.25) is 0 Å². The van der Waals surface area contributed by atoms with Crippen molar-refractivity contribution in [2.45, 2.75) is 43.5 Å². The highest BCUT2D eigenvalue weighted by molar-refractivity contribution is 5.80. The smallest absolute Gasteiger partial charge is 0.408 e. The van der Waals surface area contributed by atoms with Crippen molar-refractivity contribution < 1.29 is 42.5 Å². The monoisotopic (exact) mass is 494 g/mol. The molecule has 1 aliphatic carbocycles. The van der Waals surface area contributed by atoms with Crippen molar-refractivity contribution in [3.05, 3.63) is 59.7 Å². The highest BCUT2D eigenvalue weighted by Crippen LogP contribution is 2.44. The molecular formula is C24H25F3N2O6. The number of halogens is 3. The number of carboxylic acid groups (broad SMARTS) is 1. The van der Waals surface area contributed by atoms with E-state index < -0.39 is 55.2 Å². The number of carbonyl (C=O) groups excluding carboxylic acids is 2. The lowest BCUT2D eigenvalue weighted by Gasteiger charge is -2.22. The lowest BCUT2D eigenvalue weighted by Crippen LogP contribution is -2.48. The Hall–Kier alpha value is -3.60. The molecule has 0 aromatic heterocycles. The van der Waals surface area contributed by atoms with E-state index in [1.54, 1.807) is 5.32 Å². The Bertz CT molecular complexity index is 1060. The fraction of sp³-hybridized carbons (Fsp3) is 0.375. The van der Waals surface area contributed by atoms with Gasteiger partial charge in [-0.15, -0.1) is 0 Å². The van der Waals surface area contributed by atoms with Crippen LogP contribution in [0.3, 0.4) is 0 Å². The number of nitrogens with one attached hydrogen (secondary N) is 2. The van der Waals surface area contributed by atoms with E-state index in [9.17, 15) is 32.7 Å². The largest absolute Gasteiger partial charge is 0.479 e.